The van der Waals surface area contributed by atoms with E-state index < -0.39 is 0 Å². The summed E-state index contributed by atoms with van der Waals surface area (Å²) in [7, 11) is 1.62. The molecule has 1 aliphatic rings. The number of carbonyl (C=O) groups is 2. The number of nitrogens with zero attached hydrogens (tertiary/aromatic N) is 2. The maximum Gasteiger partial charge on any atom is 0.410 e. The molecule has 0 aliphatic carbocycles. The SMILES string of the molecule is COc1ccc(CC(=O)N2CCCN(C(=O)OCc3ccccc3)CC2)cc1. The van der Waals surface area contributed by atoms with Crippen molar-refractivity contribution in [3.63, 3.8) is 0 Å². The van der Waals surface area contributed by atoms with E-state index in [4.69, 9.17) is 9.47 Å². The van der Waals surface area contributed by atoms with Gasteiger partial charge in [-0.05, 0) is 29.7 Å². The zero-order valence-electron chi connectivity index (χ0n) is 16.2. The summed E-state index contributed by atoms with van der Waals surface area (Å²) >= 11 is 0. The molecule has 0 bridgehead atoms. The molecule has 1 aliphatic heterocycles. The molecule has 2 aromatic carbocycles. The van der Waals surface area contributed by atoms with Gasteiger partial charge in [-0.1, -0.05) is 42.5 Å². The minimum Gasteiger partial charge on any atom is -0.497 e. The van der Waals surface area contributed by atoms with E-state index >= 15 is 0 Å². The van der Waals surface area contributed by atoms with Gasteiger partial charge in [0.25, 0.3) is 0 Å². The highest BCUT2D eigenvalue weighted by molar-refractivity contribution is 5.79. The Balaban J connectivity index is 1.48. The zero-order chi connectivity index (χ0) is 19.8. The lowest BCUT2D eigenvalue weighted by Gasteiger charge is -2.22. The maximum atomic E-state index is 12.6. The van der Waals surface area contributed by atoms with E-state index in [1.165, 1.54) is 0 Å². The Morgan fingerprint density at radius 1 is 0.857 bits per heavy atom. The van der Waals surface area contributed by atoms with E-state index in [-0.39, 0.29) is 18.6 Å². The number of rotatable bonds is 5. The van der Waals surface area contributed by atoms with E-state index in [1.807, 2.05) is 59.5 Å². The van der Waals surface area contributed by atoms with Crippen LogP contribution in [0.3, 0.4) is 0 Å². The number of hydrogen-bond donors (Lipinski definition) is 0. The van der Waals surface area contributed by atoms with Gasteiger partial charge in [-0.15, -0.1) is 0 Å². The molecule has 2 aromatic rings. The van der Waals surface area contributed by atoms with Crippen LogP contribution in [0.25, 0.3) is 0 Å². The van der Waals surface area contributed by atoms with Gasteiger partial charge in [0.2, 0.25) is 5.91 Å². The van der Waals surface area contributed by atoms with E-state index in [1.54, 1.807) is 12.0 Å². The highest BCUT2D eigenvalue weighted by Gasteiger charge is 2.23. The van der Waals surface area contributed by atoms with Gasteiger partial charge in [0, 0.05) is 26.2 Å². The van der Waals surface area contributed by atoms with Gasteiger partial charge in [-0.3, -0.25) is 4.79 Å². The molecule has 0 unspecified atom stereocenters. The molecule has 0 radical (unpaired) electrons. The molecule has 28 heavy (non-hydrogen) atoms. The van der Waals surface area contributed by atoms with Gasteiger partial charge in [-0.2, -0.15) is 0 Å². The molecule has 1 saturated heterocycles. The van der Waals surface area contributed by atoms with Crippen LogP contribution in [0.1, 0.15) is 17.5 Å². The van der Waals surface area contributed by atoms with Gasteiger partial charge >= 0.3 is 6.09 Å². The molecule has 6 nitrogen and oxygen atoms in total. The van der Waals surface area contributed by atoms with E-state index in [0.717, 1.165) is 23.3 Å². The highest BCUT2D eigenvalue weighted by Crippen LogP contribution is 2.14. The van der Waals surface area contributed by atoms with Gasteiger partial charge in [0.15, 0.2) is 0 Å². The first-order valence-electron chi connectivity index (χ1n) is 9.52. The Bertz CT molecular complexity index is 777. The Morgan fingerprint density at radius 3 is 2.25 bits per heavy atom. The van der Waals surface area contributed by atoms with Crippen molar-refractivity contribution in [2.75, 3.05) is 33.3 Å². The first-order chi connectivity index (χ1) is 13.7. The third-order valence-corrected chi connectivity index (χ3v) is 4.83. The topological polar surface area (TPSA) is 59.1 Å². The Labute approximate surface area is 165 Å². The summed E-state index contributed by atoms with van der Waals surface area (Å²) in [6, 6.07) is 17.1. The minimum absolute atomic E-state index is 0.0738. The zero-order valence-corrected chi connectivity index (χ0v) is 16.2. The average molecular weight is 382 g/mol. The third kappa shape index (κ3) is 5.49. The van der Waals surface area contributed by atoms with Crippen LogP contribution in [0.4, 0.5) is 4.79 Å². The fourth-order valence-corrected chi connectivity index (χ4v) is 3.19. The minimum atomic E-state index is -0.326. The van der Waals surface area contributed by atoms with Gasteiger partial charge in [0.05, 0.1) is 13.5 Å². The molecule has 3 rings (SSSR count). The van der Waals surface area contributed by atoms with Gasteiger partial charge in [0.1, 0.15) is 12.4 Å². The smallest absolute Gasteiger partial charge is 0.410 e. The fraction of sp³-hybridized carbons (Fsp3) is 0.364. The second-order valence-electron chi connectivity index (χ2n) is 6.79. The van der Waals surface area contributed by atoms with Crippen molar-refractivity contribution < 1.29 is 19.1 Å². The molecule has 0 spiro atoms. The summed E-state index contributed by atoms with van der Waals surface area (Å²) in [5.41, 5.74) is 1.91. The summed E-state index contributed by atoms with van der Waals surface area (Å²) in [5, 5.41) is 0. The maximum absolute atomic E-state index is 12.6. The summed E-state index contributed by atoms with van der Waals surface area (Å²) in [6.45, 7) is 2.52. The molecule has 148 valence electrons. The van der Waals surface area contributed by atoms with Crippen molar-refractivity contribution >= 4 is 12.0 Å². The highest BCUT2D eigenvalue weighted by atomic mass is 16.6. The number of carbonyl (C=O) groups excluding carboxylic acids is 2. The standard InChI is InChI=1S/C22H26N2O4/c1-27-20-10-8-18(9-11-20)16-21(25)23-12-5-13-24(15-14-23)22(26)28-17-19-6-3-2-4-7-19/h2-4,6-11H,5,12-17H2,1H3. The lowest BCUT2D eigenvalue weighted by atomic mass is 10.1. The van der Waals surface area contributed by atoms with Crippen LogP contribution in [-0.2, 0) is 22.6 Å². The van der Waals surface area contributed by atoms with Crippen LogP contribution < -0.4 is 4.74 Å². The lowest BCUT2D eigenvalue weighted by Crippen LogP contribution is -2.38. The van der Waals surface area contributed by atoms with Crippen LogP contribution in [-0.4, -0.2) is 55.1 Å². The number of benzene rings is 2. The molecular weight excluding hydrogens is 356 g/mol. The van der Waals surface area contributed by atoms with E-state index in [0.29, 0.717) is 32.6 Å². The van der Waals surface area contributed by atoms with Crippen molar-refractivity contribution in [2.24, 2.45) is 0 Å². The van der Waals surface area contributed by atoms with Crippen molar-refractivity contribution in [3.05, 3.63) is 65.7 Å². The van der Waals surface area contributed by atoms with Crippen molar-refractivity contribution in [1.82, 2.24) is 9.80 Å². The first-order valence-corrected chi connectivity index (χ1v) is 9.52. The molecule has 0 N–H and O–H groups in total. The molecular formula is C22H26N2O4. The number of hydrogen-bond acceptors (Lipinski definition) is 4. The predicted molar refractivity (Wildman–Crippen MR) is 106 cm³/mol. The molecule has 0 saturated carbocycles. The van der Waals surface area contributed by atoms with Gasteiger partial charge < -0.3 is 19.3 Å². The summed E-state index contributed by atoms with van der Waals surface area (Å²) in [4.78, 5) is 28.5. The van der Waals surface area contributed by atoms with Crippen molar-refractivity contribution in [2.45, 2.75) is 19.4 Å². The molecule has 1 heterocycles. The fourth-order valence-electron chi connectivity index (χ4n) is 3.19. The summed E-state index contributed by atoms with van der Waals surface area (Å²) < 4.78 is 10.6. The van der Waals surface area contributed by atoms with Crippen LogP contribution in [0.15, 0.2) is 54.6 Å². The Morgan fingerprint density at radius 2 is 1.54 bits per heavy atom. The van der Waals surface area contributed by atoms with Crippen LogP contribution in [0, 0.1) is 0 Å². The molecule has 1 fully saturated rings. The normalized spacial score (nSPS) is 14.3. The third-order valence-electron chi connectivity index (χ3n) is 4.83. The summed E-state index contributed by atoms with van der Waals surface area (Å²) in [6.07, 6.45) is 0.769. The first kappa shape index (κ1) is 19.7. The van der Waals surface area contributed by atoms with Crippen molar-refractivity contribution in [3.8, 4) is 5.75 Å². The molecule has 6 heteroatoms. The molecule has 0 aromatic heterocycles. The Hall–Kier alpha value is -3.02. The lowest BCUT2D eigenvalue weighted by molar-refractivity contribution is -0.130. The number of methoxy groups -OCH3 is 1. The molecule has 2 amide bonds. The van der Waals surface area contributed by atoms with E-state index in [9.17, 15) is 9.59 Å². The quantitative estimate of drug-likeness (QED) is 0.797. The van der Waals surface area contributed by atoms with E-state index in [2.05, 4.69) is 0 Å². The number of amides is 2. The van der Waals surface area contributed by atoms with Gasteiger partial charge in [-0.25, -0.2) is 4.79 Å². The largest absolute Gasteiger partial charge is 0.497 e. The molecule has 0 atom stereocenters. The summed E-state index contributed by atoms with van der Waals surface area (Å²) in [5.74, 6) is 0.847. The van der Waals surface area contributed by atoms with Crippen LogP contribution >= 0.6 is 0 Å². The second-order valence-corrected chi connectivity index (χ2v) is 6.79. The van der Waals surface area contributed by atoms with Crippen molar-refractivity contribution in [1.29, 1.82) is 0 Å². The van der Waals surface area contributed by atoms with Crippen LogP contribution in [0.2, 0.25) is 0 Å². The Kier molecular flexibility index (Phi) is 6.89. The van der Waals surface area contributed by atoms with Crippen LogP contribution in [0.5, 0.6) is 5.75 Å². The predicted octanol–water partition coefficient (Wildman–Crippen LogP) is 3.11. The monoisotopic (exact) mass is 382 g/mol. The second kappa shape index (κ2) is 9.78. The number of ether oxygens (including phenoxy) is 2. The average Bonchev–Trinajstić information content (AvgIpc) is 3.00.